The number of benzene rings is 1. The Bertz CT molecular complexity index is 402. The van der Waals surface area contributed by atoms with Gasteiger partial charge in [0.15, 0.2) is 0 Å². The van der Waals surface area contributed by atoms with Crippen LogP contribution in [0, 0.1) is 5.82 Å². The van der Waals surface area contributed by atoms with Crippen LogP contribution in [0.25, 0.3) is 5.03 Å². The van der Waals surface area contributed by atoms with E-state index in [0.717, 1.165) is 18.2 Å². The summed E-state index contributed by atoms with van der Waals surface area (Å²) in [5, 5.41) is 8.45. The van der Waals surface area contributed by atoms with E-state index in [4.69, 9.17) is 28.3 Å². The molecule has 0 aliphatic heterocycles. The minimum Gasteiger partial charge on any atom is -0.478 e. The van der Waals surface area contributed by atoms with E-state index >= 15 is 0 Å². The van der Waals surface area contributed by atoms with Crippen LogP contribution in [0.4, 0.5) is 4.39 Å². The number of halogens is 3. The van der Waals surface area contributed by atoms with Crippen LogP contribution in [0.5, 0.6) is 0 Å². The zero-order valence-corrected chi connectivity index (χ0v) is 8.31. The highest BCUT2D eigenvalue weighted by Gasteiger charge is 2.06. The highest BCUT2D eigenvalue weighted by atomic mass is 35.5. The van der Waals surface area contributed by atoms with Gasteiger partial charge in [0.05, 0.1) is 10.1 Å². The molecule has 0 radical (unpaired) electrons. The second kappa shape index (κ2) is 4.44. The van der Waals surface area contributed by atoms with Crippen molar-refractivity contribution >= 4 is 34.2 Å². The highest BCUT2D eigenvalue weighted by molar-refractivity contribution is 6.51. The van der Waals surface area contributed by atoms with Crippen LogP contribution in [0.3, 0.4) is 0 Å². The molecular formula is C9H5Cl2FO2. The molecular weight excluding hydrogens is 230 g/mol. The van der Waals surface area contributed by atoms with Crippen molar-refractivity contribution in [3.8, 4) is 0 Å². The molecule has 0 bridgehead atoms. The van der Waals surface area contributed by atoms with Crippen LogP contribution in [-0.4, -0.2) is 11.1 Å². The third-order valence-corrected chi connectivity index (χ3v) is 2.06. The number of carbonyl (C=O) groups is 1. The number of aliphatic carboxylic acids is 1. The third-order valence-electron chi connectivity index (χ3n) is 1.44. The van der Waals surface area contributed by atoms with Gasteiger partial charge in [-0.05, 0) is 18.2 Å². The van der Waals surface area contributed by atoms with Crippen molar-refractivity contribution in [1.29, 1.82) is 0 Å². The van der Waals surface area contributed by atoms with Gasteiger partial charge in [0.1, 0.15) is 5.82 Å². The Labute approximate surface area is 89.6 Å². The normalized spacial score (nSPS) is 11.5. The van der Waals surface area contributed by atoms with E-state index in [2.05, 4.69) is 0 Å². The van der Waals surface area contributed by atoms with Gasteiger partial charge in [0.25, 0.3) is 0 Å². The van der Waals surface area contributed by atoms with Crippen LogP contribution in [0.2, 0.25) is 5.02 Å². The summed E-state index contributed by atoms with van der Waals surface area (Å²) in [5.41, 5.74) is 0.289. The number of hydrogen-bond donors (Lipinski definition) is 1. The molecule has 0 spiro atoms. The van der Waals surface area contributed by atoms with Crippen molar-refractivity contribution in [2.24, 2.45) is 0 Å². The highest BCUT2D eigenvalue weighted by Crippen LogP contribution is 2.27. The summed E-state index contributed by atoms with van der Waals surface area (Å²) in [5.74, 6) is -1.69. The second-order valence-corrected chi connectivity index (χ2v) is 3.27. The van der Waals surface area contributed by atoms with Crippen LogP contribution in [0.1, 0.15) is 5.56 Å². The number of carboxylic acids is 1. The molecule has 0 aromatic heterocycles. The Morgan fingerprint density at radius 1 is 1.50 bits per heavy atom. The Morgan fingerprint density at radius 2 is 2.14 bits per heavy atom. The zero-order chi connectivity index (χ0) is 10.7. The predicted molar refractivity (Wildman–Crippen MR) is 52.9 cm³/mol. The van der Waals surface area contributed by atoms with Gasteiger partial charge in [-0.15, -0.1) is 0 Å². The maximum Gasteiger partial charge on any atom is 0.329 e. The largest absolute Gasteiger partial charge is 0.478 e. The first-order valence-corrected chi connectivity index (χ1v) is 4.32. The fraction of sp³-hybridized carbons (Fsp3) is 0. The average molecular weight is 235 g/mol. The first-order chi connectivity index (χ1) is 6.50. The molecule has 0 aliphatic carbocycles. The molecule has 0 saturated heterocycles. The van der Waals surface area contributed by atoms with Crippen molar-refractivity contribution in [2.45, 2.75) is 0 Å². The van der Waals surface area contributed by atoms with E-state index in [0.29, 0.717) is 0 Å². The molecule has 0 aliphatic rings. The maximum atomic E-state index is 12.6. The predicted octanol–water partition coefficient (Wildman–Crippen LogP) is 3.14. The summed E-state index contributed by atoms with van der Waals surface area (Å²) in [6.45, 7) is 0. The van der Waals surface area contributed by atoms with Crippen LogP contribution >= 0.6 is 23.2 Å². The van der Waals surface area contributed by atoms with Gasteiger partial charge in [-0.2, -0.15) is 0 Å². The minimum absolute atomic E-state index is 0.0394. The number of carboxylic acid groups (broad SMARTS) is 1. The van der Waals surface area contributed by atoms with E-state index in [-0.39, 0.29) is 15.6 Å². The fourth-order valence-corrected chi connectivity index (χ4v) is 1.44. The van der Waals surface area contributed by atoms with Gasteiger partial charge in [-0.25, -0.2) is 9.18 Å². The standard InChI is InChI=1S/C9H5Cl2FO2/c10-7-3-5(12)1-2-6(7)8(11)4-9(13)14/h1-4H,(H,13,14)/b8-4+. The van der Waals surface area contributed by atoms with Gasteiger partial charge in [-0.1, -0.05) is 23.2 Å². The quantitative estimate of drug-likeness (QED) is 0.799. The molecule has 1 aromatic rings. The summed E-state index contributed by atoms with van der Waals surface area (Å²) in [6, 6.07) is 3.54. The van der Waals surface area contributed by atoms with Gasteiger partial charge >= 0.3 is 5.97 Å². The topological polar surface area (TPSA) is 37.3 Å². The molecule has 1 rings (SSSR count). The van der Waals surface area contributed by atoms with Gasteiger partial charge in [-0.3, -0.25) is 0 Å². The molecule has 1 N–H and O–H groups in total. The van der Waals surface area contributed by atoms with Crippen molar-refractivity contribution in [3.05, 3.63) is 40.7 Å². The van der Waals surface area contributed by atoms with Gasteiger partial charge < -0.3 is 5.11 Å². The SMILES string of the molecule is O=C(O)/C=C(/Cl)c1ccc(F)cc1Cl. The summed E-state index contributed by atoms with van der Waals surface area (Å²) in [6.07, 6.45) is 0.792. The van der Waals surface area contributed by atoms with Crippen molar-refractivity contribution in [2.75, 3.05) is 0 Å². The first kappa shape index (κ1) is 11.0. The molecule has 0 unspecified atom stereocenters. The molecule has 2 nitrogen and oxygen atoms in total. The van der Waals surface area contributed by atoms with Crippen molar-refractivity contribution in [1.82, 2.24) is 0 Å². The fourth-order valence-electron chi connectivity index (χ4n) is 0.869. The van der Waals surface area contributed by atoms with Crippen LogP contribution in [0.15, 0.2) is 24.3 Å². The maximum absolute atomic E-state index is 12.6. The van der Waals surface area contributed by atoms with E-state index < -0.39 is 11.8 Å². The lowest BCUT2D eigenvalue weighted by atomic mass is 10.2. The Morgan fingerprint density at radius 3 is 2.64 bits per heavy atom. The lowest BCUT2D eigenvalue weighted by molar-refractivity contribution is -0.131. The van der Waals surface area contributed by atoms with Crippen LogP contribution < -0.4 is 0 Å². The van der Waals surface area contributed by atoms with Gasteiger partial charge in [0, 0.05) is 11.6 Å². The molecule has 0 fully saturated rings. The van der Waals surface area contributed by atoms with Crippen LogP contribution in [-0.2, 0) is 4.79 Å². The molecule has 0 heterocycles. The Kier molecular flexibility index (Phi) is 3.49. The molecule has 5 heteroatoms. The number of rotatable bonds is 2. The van der Waals surface area contributed by atoms with Gasteiger partial charge in [0.2, 0.25) is 0 Å². The lowest BCUT2D eigenvalue weighted by Crippen LogP contribution is -1.89. The van der Waals surface area contributed by atoms with Crippen molar-refractivity contribution in [3.63, 3.8) is 0 Å². The van der Waals surface area contributed by atoms with E-state index in [9.17, 15) is 9.18 Å². The van der Waals surface area contributed by atoms with Crippen molar-refractivity contribution < 1.29 is 14.3 Å². The Balaban J connectivity index is 3.14. The molecule has 1 aromatic carbocycles. The lowest BCUT2D eigenvalue weighted by Gasteiger charge is -2.01. The molecule has 74 valence electrons. The molecule has 0 amide bonds. The number of hydrogen-bond acceptors (Lipinski definition) is 1. The Hall–Kier alpha value is -1.06. The molecule has 0 atom stereocenters. The summed E-state index contributed by atoms with van der Waals surface area (Å²) in [4.78, 5) is 10.3. The van der Waals surface area contributed by atoms with E-state index in [1.54, 1.807) is 0 Å². The minimum atomic E-state index is -1.18. The molecule has 0 saturated carbocycles. The summed E-state index contributed by atoms with van der Waals surface area (Å²) < 4.78 is 12.6. The zero-order valence-electron chi connectivity index (χ0n) is 6.80. The summed E-state index contributed by atoms with van der Waals surface area (Å²) >= 11 is 11.3. The van der Waals surface area contributed by atoms with E-state index in [1.165, 1.54) is 6.07 Å². The first-order valence-electron chi connectivity index (χ1n) is 3.56. The molecule has 14 heavy (non-hydrogen) atoms. The van der Waals surface area contributed by atoms with E-state index in [1.807, 2.05) is 0 Å². The second-order valence-electron chi connectivity index (χ2n) is 2.45. The smallest absolute Gasteiger partial charge is 0.329 e. The third kappa shape index (κ3) is 2.72. The average Bonchev–Trinajstić information content (AvgIpc) is 2.01. The summed E-state index contributed by atoms with van der Waals surface area (Å²) in [7, 11) is 0. The monoisotopic (exact) mass is 234 g/mol.